The van der Waals surface area contributed by atoms with Crippen molar-refractivity contribution in [3.63, 3.8) is 0 Å². The summed E-state index contributed by atoms with van der Waals surface area (Å²) in [6.07, 6.45) is 6.42. The summed E-state index contributed by atoms with van der Waals surface area (Å²) in [5.74, 6) is 0. The summed E-state index contributed by atoms with van der Waals surface area (Å²) in [5.41, 5.74) is 15.2. The fraction of sp³-hybridized carbons (Fsp3) is 0.0357. The molecular formula is C56H33IrN6. The predicted octanol–water partition coefficient (Wildman–Crippen LogP) is 12.3. The molecule has 6 nitrogen and oxygen atoms in total. The van der Waals surface area contributed by atoms with Crippen molar-refractivity contribution >= 4 is 0 Å². The Balaban J connectivity index is 0.00000544. The Kier molecular flexibility index (Phi) is 12.6. The van der Waals surface area contributed by atoms with Gasteiger partial charge in [-0.3, -0.25) is 0 Å². The molecular weight excluding hydrogens is 949 g/mol. The molecule has 0 aliphatic rings. The van der Waals surface area contributed by atoms with Gasteiger partial charge >= 0.3 is 20.1 Å². The van der Waals surface area contributed by atoms with Gasteiger partial charge < -0.3 is 15.0 Å². The molecule has 7 heteroatoms. The molecule has 9 rings (SSSR count). The van der Waals surface area contributed by atoms with E-state index >= 15 is 0 Å². The normalized spacial score (nSPS) is 10.5. The number of aromatic nitrogens is 3. The molecule has 9 aromatic rings. The van der Waals surface area contributed by atoms with Crippen LogP contribution in [0.15, 0.2) is 176 Å². The molecule has 0 atom stereocenters. The van der Waals surface area contributed by atoms with Gasteiger partial charge in [0.15, 0.2) is 0 Å². The molecule has 6 aromatic carbocycles. The van der Waals surface area contributed by atoms with Crippen molar-refractivity contribution in [2.24, 2.45) is 0 Å². The second kappa shape index (κ2) is 19.1. The van der Waals surface area contributed by atoms with Crippen molar-refractivity contribution in [1.29, 1.82) is 15.8 Å². The number of nitrogens with zero attached hydrogens (tertiary/aromatic N) is 6. The Morgan fingerprint density at radius 3 is 1.21 bits per heavy atom. The fourth-order valence-corrected chi connectivity index (χ4v) is 7.82. The number of rotatable bonds is 10. The molecule has 296 valence electrons. The van der Waals surface area contributed by atoms with E-state index in [-0.39, 0.29) is 20.1 Å². The topological polar surface area (TPSA) is 110 Å². The van der Waals surface area contributed by atoms with Gasteiger partial charge in [-0.1, -0.05) is 126 Å². The van der Waals surface area contributed by atoms with Gasteiger partial charge in [-0.25, -0.2) is 0 Å². The smallest absolute Gasteiger partial charge is 0.305 e. The summed E-state index contributed by atoms with van der Waals surface area (Å²) >= 11 is 0. The van der Waals surface area contributed by atoms with E-state index in [0.29, 0.717) is 29.5 Å². The number of nitriles is 3. The number of benzene rings is 6. The van der Waals surface area contributed by atoms with E-state index in [1.807, 2.05) is 127 Å². The van der Waals surface area contributed by atoms with Crippen LogP contribution in [0, 0.1) is 52.2 Å². The van der Waals surface area contributed by atoms with Crippen LogP contribution < -0.4 is 0 Å². The molecule has 0 aliphatic carbocycles. The molecule has 0 bridgehead atoms. The zero-order valence-electron chi connectivity index (χ0n) is 33.7. The SMILES string of the molecule is N#Cc1cc(-c2ccccn2)[c-]cc1CCc1cc(-c2ccccc2-c2c[c-]c(-c3ccccn3)cc2C#N)cc(-c2ccccc2-c2c[c-]c(-c3ccccn3)cc2C#N)c1.[Ir+3]. The summed E-state index contributed by atoms with van der Waals surface area (Å²) < 4.78 is 0. The van der Waals surface area contributed by atoms with Crippen molar-refractivity contribution in [2.75, 3.05) is 0 Å². The second-order valence-corrected chi connectivity index (χ2v) is 14.6. The Morgan fingerprint density at radius 1 is 0.397 bits per heavy atom. The van der Waals surface area contributed by atoms with E-state index in [4.69, 9.17) is 0 Å². The van der Waals surface area contributed by atoms with Crippen LogP contribution in [0.4, 0.5) is 0 Å². The monoisotopic (exact) mass is 982 g/mol. The first-order valence-corrected chi connectivity index (χ1v) is 20.0. The zero-order valence-corrected chi connectivity index (χ0v) is 36.1. The maximum atomic E-state index is 10.5. The summed E-state index contributed by atoms with van der Waals surface area (Å²) in [6, 6.07) is 68.5. The van der Waals surface area contributed by atoms with Crippen molar-refractivity contribution in [1.82, 2.24) is 15.0 Å². The molecule has 0 spiro atoms. The molecule has 3 heterocycles. The minimum atomic E-state index is 0. The van der Waals surface area contributed by atoms with Gasteiger partial charge in [0.1, 0.15) is 0 Å². The Morgan fingerprint density at radius 2 is 0.794 bits per heavy atom. The van der Waals surface area contributed by atoms with Crippen molar-refractivity contribution < 1.29 is 20.1 Å². The molecule has 0 N–H and O–H groups in total. The van der Waals surface area contributed by atoms with Crippen molar-refractivity contribution in [2.45, 2.75) is 12.8 Å². The molecule has 0 unspecified atom stereocenters. The predicted molar refractivity (Wildman–Crippen MR) is 242 cm³/mol. The average molecular weight is 982 g/mol. The quantitative estimate of drug-likeness (QED) is 0.126. The van der Waals surface area contributed by atoms with E-state index in [1.54, 1.807) is 18.6 Å². The van der Waals surface area contributed by atoms with Crippen molar-refractivity contribution in [3.05, 3.63) is 222 Å². The second-order valence-electron chi connectivity index (χ2n) is 14.6. The van der Waals surface area contributed by atoms with Gasteiger partial charge in [0, 0.05) is 18.6 Å². The number of hydrogen-bond donors (Lipinski definition) is 0. The van der Waals surface area contributed by atoms with Gasteiger partial charge in [-0.15, -0.1) is 76.9 Å². The van der Waals surface area contributed by atoms with Crippen LogP contribution >= 0.6 is 0 Å². The van der Waals surface area contributed by atoms with Crippen LogP contribution in [-0.2, 0) is 32.9 Å². The van der Waals surface area contributed by atoms with E-state index in [9.17, 15) is 15.8 Å². The van der Waals surface area contributed by atoms with Crippen LogP contribution in [-0.4, -0.2) is 15.0 Å². The summed E-state index contributed by atoms with van der Waals surface area (Å²) in [5, 5.41) is 31.2. The van der Waals surface area contributed by atoms with Crippen LogP contribution in [0.3, 0.4) is 0 Å². The van der Waals surface area contributed by atoms with Gasteiger partial charge in [0.2, 0.25) is 0 Å². The van der Waals surface area contributed by atoms with Crippen LogP contribution in [0.1, 0.15) is 27.8 Å². The standard InChI is InChI=1S/C56H33N6.Ir/c57-35-45-31-40(54-15-5-8-26-60-54)21-20-39(45)19-18-38-29-43(48-11-1-3-13-52(48)50-24-22-41(32-46(50)36-58)55-16-6-9-27-61-55)34-44(30-38)49-12-2-4-14-53(49)51-25-23-42(33-47(51)37-59)56-17-7-10-28-62-56;/h1-17,20,24-34H,18-19H2;/q-3;+3. The summed E-state index contributed by atoms with van der Waals surface area (Å²) in [7, 11) is 0. The molecule has 0 saturated carbocycles. The Bertz CT molecular complexity index is 3060. The first-order valence-electron chi connectivity index (χ1n) is 20.0. The maximum absolute atomic E-state index is 10.5. The Labute approximate surface area is 380 Å². The number of hydrogen-bond acceptors (Lipinski definition) is 6. The first-order chi connectivity index (χ1) is 30.6. The maximum Gasteiger partial charge on any atom is 3.00 e. The first kappa shape index (κ1) is 41.6. The molecule has 63 heavy (non-hydrogen) atoms. The van der Waals surface area contributed by atoms with Gasteiger partial charge in [-0.05, 0) is 92.3 Å². The zero-order chi connectivity index (χ0) is 42.3. The number of pyridine rings is 3. The molecule has 0 aliphatic heterocycles. The molecule has 0 amide bonds. The average Bonchev–Trinajstić information content (AvgIpc) is 3.36. The van der Waals surface area contributed by atoms with Crippen LogP contribution in [0.25, 0.3) is 78.3 Å². The molecule has 0 saturated heterocycles. The fourth-order valence-electron chi connectivity index (χ4n) is 7.82. The van der Waals surface area contributed by atoms with Gasteiger partial charge in [-0.2, -0.15) is 15.8 Å². The third-order valence-corrected chi connectivity index (χ3v) is 10.9. The van der Waals surface area contributed by atoms with E-state index in [2.05, 4.69) is 81.7 Å². The molecule has 0 radical (unpaired) electrons. The van der Waals surface area contributed by atoms with Crippen LogP contribution in [0.5, 0.6) is 0 Å². The van der Waals surface area contributed by atoms with Crippen molar-refractivity contribution in [3.8, 4) is 96.5 Å². The minimum absolute atomic E-state index is 0. The van der Waals surface area contributed by atoms with E-state index < -0.39 is 0 Å². The Hall–Kier alpha value is -8.11. The number of aryl methyl sites for hydroxylation is 2. The minimum Gasteiger partial charge on any atom is -0.305 e. The van der Waals surface area contributed by atoms with E-state index in [1.165, 1.54) is 0 Å². The van der Waals surface area contributed by atoms with Gasteiger partial charge in [0.25, 0.3) is 0 Å². The van der Waals surface area contributed by atoms with Crippen LogP contribution in [0.2, 0.25) is 0 Å². The summed E-state index contributed by atoms with van der Waals surface area (Å²) in [6.45, 7) is 0. The third kappa shape index (κ3) is 8.87. The van der Waals surface area contributed by atoms with Gasteiger partial charge in [0.05, 0.1) is 18.2 Å². The van der Waals surface area contributed by atoms with E-state index in [0.717, 1.165) is 89.4 Å². The third-order valence-electron chi connectivity index (χ3n) is 10.9. The largest absolute Gasteiger partial charge is 3.00 e. The molecule has 0 fully saturated rings. The molecule has 3 aromatic heterocycles. The summed E-state index contributed by atoms with van der Waals surface area (Å²) in [4.78, 5) is 13.4.